The van der Waals surface area contributed by atoms with Crippen molar-refractivity contribution in [3.63, 3.8) is 0 Å². The van der Waals surface area contributed by atoms with Gasteiger partial charge in [0.15, 0.2) is 0 Å². The van der Waals surface area contributed by atoms with Gasteiger partial charge >= 0.3 is 11.9 Å². The topological polar surface area (TPSA) is 101 Å². The Bertz CT molecular complexity index is 948. The summed E-state index contributed by atoms with van der Waals surface area (Å²) in [6, 6.07) is 2.18. The quantitative estimate of drug-likeness (QED) is 0.465. The van der Waals surface area contributed by atoms with Crippen molar-refractivity contribution in [2.24, 2.45) is 0 Å². The molecule has 7 nitrogen and oxygen atoms in total. The van der Waals surface area contributed by atoms with Gasteiger partial charge in [-0.2, -0.15) is 0 Å². The number of hydrogen-bond acceptors (Lipinski definition) is 6. The highest BCUT2D eigenvalue weighted by atomic mass is 35.5. The van der Waals surface area contributed by atoms with Gasteiger partial charge in [0, 0.05) is 22.5 Å². The van der Waals surface area contributed by atoms with Gasteiger partial charge in [0.1, 0.15) is 11.1 Å². The Labute approximate surface area is 188 Å². The van der Waals surface area contributed by atoms with Crippen molar-refractivity contribution < 1.29 is 33.4 Å². The van der Waals surface area contributed by atoms with Gasteiger partial charge in [0.25, 0.3) is 5.91 Å². The van der Waals surface area contributed by atoms with E-state index in [1.807, 2.05) is 0 Å². The molecule has 1 aromatic carbocycles. The summed E-state index contributed by atoms with van der Waals surface area (Å²) in [7, 11) is 1.23. The molecule has 168 valence electrons. The number of halogens is 2. The molecular weight excluding hydrogens is 449 g/mol. The number of ether oxygens (including phenoxy) is 1. The van der Waals surface area contributed by atoms with Crippen LogP contribution >= 0.6 is 23.4 Å². The van der Waals surface area contributed by atoms with Crippen LogP contribution in [0, 0.1) is 5.82 Å². The van der Waals surface area contributed by atoms with Gasteiger partial charge in [0.2, 0.25) is 5.91 Å². The molecule has 1 N–H and O–H groups in total. The fourth-order valence-corrected chi connectivity index (χ4v) is 4.42. The van der Waals surface area contributed by atoms with Gasteiger partial charge in [-0.25, -0.2) is 14.1 Å². The molecule has 1 atom stereocenters. The van der Waals surface area contributed by atoms with Crippen LogP contribution in [0.5, 0.6) is 0 Å². The summed E-state index contributed by atoms with van der Waals surface area (Å²) < 4.78 is 19.5. The summed E-state index contributed by atoms with van der Waals surface area (Å²) in [4.78, 5) is 50.2. The molecular formula is C21H23ClFNO6S. The first-order valence-electron chi connectivity index (χ1n) is 9.68. The number of carboxylic acids is 1. The number of carbonyl (C=O) groups excluding carboxylic acids is 3. The molecule has 0 aromatic heterocycles. The van der Waals surface area contributed by atoms with Gasteiger partial charge in [-0.1, -0.05) is 18.5 Å². The van der Waals surface area contributed by atoms with Crippen molar-refractivity contribution >= 4 is 52.8 Å². The number of anilines is 1. The minimum Gasteiger partial charge on any atom is -0.478 e. The fraction of sp³-hybridized carbons (Fsp3) is 0.429. The standard InChI is InChI=1S/C21H23ClFNO6S/c1-4-18(25)24(19(26)12-7-5-6-8-13(12)20(27)28)16-10-17(14(22)9-15(16)23)31-11(2)21(29)30-3/h9-11H,4-8H2,1-3H3,(H,27,28). The maximum Gasteiger partial charge on any atom is 0.332 e. The normalized spacial score (nSPS) is 14.7. The summed E-state index contributed by atoms with van der Waals surface area (Å²) in [5.41, 5.74) is -0.413. The molecule has 2 amide bonds. The number of imide groups is 1. The van der Waals surface area contributed by atoms with E-state index in [1.165, 1.54) is 20.1 Å². The van der Waals surface area contributed by atoms with Gasteiger partial charge < -0.3 is 9.84 Å². The molecule has 1 aliphatic carbocycles. The molecule has 1 aliphatic rings. The molecule has 10 heteroatoms. The summed E-state index contributed by atoms with van der Waals surface area (Å²) in [5, 5.41) is 8.79. The second-order valence-corrected chi connectivity index (χ2v) is 8.66. The predicted molar refractivity (Wildman–Crippen MR) is 115 cm³/mol. The number of esters is 1. The van der Waals surface area contributed by atoms with Crippen LogP contribution < -0.4 is 4.90 Å². The SMILES string of the molecule is CCC(=O)N(C(=O)C1=C(C(=O)O)CCCC1)c1cc(SC(C)C(=O)OC)c(Cl)cc1F. The largest absolute Gasteiger partial charge is 0.478 e. The lowest BCUT2D eigenvalue weighted by Gasteiger charge is -2.26. The number of benzene rings is 1. The number of hydrogen-bond donors (Lipinski definition) is 1. The average molecular weight is 472 g/mol. The molecule has 0 bridgehead atoms. The van der Waals surface area contributed by atoms with Crippen LogP contribution in [0.15, 0.2) is 28.2 Å². The van der Waals surface area contributed by atoms with Crippen LogP contribution in [0.3, 0.4) is 0 Å². The summed E-state index contributed by atoms with van der Waals surface area (Å²) >= 11 is 7.10. The third kappa shape index (κ3) is 5.65. The number of carboxylic acid groups (broad SMARTS) is 1. The molecule has 0 spiro atoms. The third-order valence-corrected chi connectivity index (χ3v) is 6.38. The van der Waals surface area contributed by atoms with Crippen molar-refractivity contribution in [1.82, 2.24) is 0 Å². The molecule has 1 unspecified atom stereocenters. The van der Waals surface area contributed by atoms with Gasteiger partial charge in [0.05, 0.1) is 17.8 Å². The van der Waals surface area contributed by atoms with E-state index in [9.17, 15) is 28.7 Å². The maximum atomic E-state index is 14.9. The van der Waals surface area contributed by atoms with E-state index >= 15 is 0 Å². The number of carbonyl (C=O) groups is 4. The zero-order chi connectivity index (χ0) is 23.3. The Morgan fingerprint density at radius 3 is 2.39 bits per heavy atom. The van der Waals surface area contributed by atoms with E-state index in [2.05, 4.69) is 4.74 Å². The van der Waals surface area contributed by atoms with Crippen LogP contribution in [-0.4, -0.2) is 41.2 Å². The van der Waals surface area contributed by atoms with Gasteiger partial charge in [-0.3, -0.25) is 14.4 Å². The van der Waals surface area contributed by atoms with E-state index in [0.29, 0.717) is 17.7 Å². The Hall–Kier alpha value is -2.39. The Kier molecular flexibility index (Phi) is 8.64. The Morgan fingerprint density at radius 1 is 1.23 bits per heavy atom. The number of rotatable bonds is 7. The minimum atomic E-state index is -1.23. The van der Waals surface area contributed by atoms with Crippen LogP contribution in [0.4, 0.5) is 10.1 Å². The lowest BCUT2D eigenvalue weighted by Crippen LogP contribution is -2.39. The highest BCUT2D eigenvalue weighted by Gasteiger charge is 2.33. The van der Waals surface area contributed by atoms with Crippen LogP contribution in [0.2, 0.25) is 5.02 Å². The average Bonchev–Trinajstić information content (AvgIpc) is 2.75. The summed E-state index contributed by atoms with van der Waals surface area (Å²) in [5.74, 6) is -4.22. The van der Waals surface area contributed by atoms with Crippen molar-refractivity contribution in [2.45, 2.75) is 56.1 Å². The zero-order valence-corrected chi connectivity index (χ0v) is 18.9. The Morgan fingerprint density at radius 2 is 1.84 bits per heavy atom. The van der Waals surface area contributed by atoms with Crippen LogP contribution in [0.25, 0.3) is 0 Å². The number of amides is 2. The third-order valence-electron chi connectivity index (χ3n) is 4.82. The zero-order valence-electron chi connectivity index (χ0n) is 17.4. The molecule has 0 radical (unpaired) electrons. The van der Waals surface area contributed by atoms with Crippen LogP contribution in [0.1, 0.15) is 46.0 Å². The first kappa shape index (κ1) is 24.9. The van der Waals surface area contributed by atoms with E-state index < -0.39 is 34.8 Å². The monoisotopic (exact) mass is 471 g/mol. The fourth-order valence-electron chi connectivity index (χ4n) is 3.21. The van der Waals surface area contributed by atoms with E-state index in [1.54, 1.807) is 6.92 Å². The molecule has 0 heterocycles. The first-order valence-corrected chi connectivity index (χ1v) is 10.9. The lowest BCUT2D eigenvalue weighted by molar-refractivity contribution is -0.139. The minimum absolute atomic E-state index is 0.00135. The number of methoxy groups -OCH3 is 1. The number of nitrogens with zero attached hydrogens (tertiary/aromatic N) is 1. The highest BCUT2D eigenvalue weighted by Crippen LogP contribution is 2.37. The smallest absolute Gasteiger partial charge is 0.332 e. The second kappa shape index (κ2) is 10.8. The van der Waals surface area contributed by atoms with Gasteiger partial charge in [-0.15, -0.1) is 11.8 Å². The molecule has 0 saturated heterocycles. The highest BCUT2D eigenvalue weighted by molar-refractivity contribution is 8.00. The molecule has 0 fully saturated rings. The molecule has 0 aliphatic heterocycles. The predicted octanol–water partition coefficient (Wildman–Crippen LogP) is 4.36. The van der Waals surface area contributed by atoms with Gasteiger partial charge in [-0.05, 0) is 44.7 Å². The first-order chi connectivity index (χ1) is 14.6. The van der Waals surface area contributed by atoms with Crippen molar-refractivity contribution in [1.29, 1.82) is 0 Å². The van der Waals surface area contributed by atoms with Crippen molar-refractivity contribution in [3.05, 3.63) is 34.1 Å². The van der Waals surface area contributed by atoms with Crippen LogP contribution in [-0.2, 0) is 23.9 Å². The molecule has 1 aromatic rings. The van der Waals surface area contributed by atoms with E-state index in [-0.39, 0.29) is 46.0 Å². The summed E-state index contributed by atoms with van der Waals surface area (Å²) in [6.07, 6.45) is 1.48. The number of thioether (sulfide) groups is 1. The van der Waals surface area contributed by atoms with Crippen molar-refractivity contribution in [2.75, 3.05) is 12.0 Å². The Balaban J connectivity index is 2.57. The second-order valence-electron chi connectivity index (χ2n) is 6.87. The van der Waals surface area contributed by atoms with E-state index in [0.717, 1.165) is 17.8 Å². The molecule has 2 rings (SSSR count). The maximum absolute atomic E-state index is 14.9. The lowest BCUT2D eigenvalue weighted by atomic mass is 9.90. The van der Waals surface area contributed by atoms with E-state index in [4.69, 9.17) is 11.6 Å². The molecule has 31 heavy (non-hydrogen) atoms. The summed E-state index contributed by atoms with van der Waals surface area (Å²) in [6.45, 7) is 3.08. The number of aliphatic carboxylic acids is 1. The molecule has 0 saturated carbocycles. The van der Waals surface area contributed by atoms with Crippen molar-refractivity contribution in [3.8, 4) is 0 Å².